The number of halogens is 2. The summed E-state index contributed by atoms with van der Waals surface area (Å²) in [5, 5.41) is 1.01. The summed E-state index contributed by atoms with van der Waals surface area (Å²) >= 11 is 12.7. The molecule has 3 aromatic rings. The van der Waals surface area contributed by atoms with Crippen molar-refractivity contribution in [1.29, 1.82) is 0 Å². The molecule has 0 aromatic heterocycles. The minimum absolute atomic E-state index is 0.149. The van der Waals surface area contributed by atoms with E-state index in [1.54, 1.807) is 0 Å². The second kappa shape index (κ2) is 11.1. The van der Waals surface area contributed by atoms with Gasteiger partial charge in [-0.2, -0.15) is 0 Å². The van der Waals surface area contributed by atoms with Crippen molar-refractivity contribution in [2.75, 3.05) is 26.2 Å². The summed E-state index contributed by atoms with van der Waals surface area (Å²) in [6, 6.07) is 25.7. The number of hydrogen-bond acceptors (Lipinski definition) is 3. The van der Waals surface area contributed by atoms with E-state index < -0.39 is 5.41 Å². The Morgan fingerprint density at radius 2 is 1.53 bits per heavy atom. The molecule has 2 saturated heterocycles. The molecule has 0 bridgehead atoms. The fourth-order valence-corrected chi connectivity index (χ4v) is 6.45. The van der Waals surface area contributed by atoms with Crippen LogP contribution in [0.1, 0.15) is 42.4 Å². The Bertz CT molecular complexity index is 1290. The van der Waals surface area contributed by atoms with Crippen molar-refractivity contribution in [3.05, 3.63) is 106 Å². The number of piperidine rings is 1. The van der Waals surface area contributed by atoms with Gasteiger partial charge in [0.2, 0.25) is 11.8 Å². The minimum Gasteiger partial charge on any atom is -0.369 e. The Morgan fingerprint density at radius 3 is 2.16 bits per heavy atom. The van der Waals surface area contributed by atoms with Gasteiger partial charge in [0.25, 0.3) is 0 Å². The standard InChI is InChI=1S/C31H33Cl2N3O2/c32-26-12-11-25(19-27(26)33)30(20-28(37)36(22-30)21-23-7-3-1-4-8-23)13-16-35-17-14-31(15-18-35,29(34)38)24-9-5-2-6-10-24/h1-12,19H,13-18,20-22H2,(H2,34,38). The Balaban J connectivity index is 1.33. The lowest BCUT2D eigenvalue weighted by Gasteiger charge is -2.41. The van der Waals surface area contributed by atoms with Gasteiger partial charge in [-0.25, -0.2) is 0 Å². The van der Waals surface area contributed by atoms with E-state index in [0.29, 0.717) is 42.4 Å². The first-order chi connectivity index (χ1) is 18.3. The molecule has 3 aromatic carbocycles. The first-order valence-corrected chi connectivity index (χ1v) is 13.9. The van der Waals surface area contributed by atoms with E-state index in [0.717, 1.165) is 42.7 Å². The van der Waals surface area contributed by atoms with Crippen LogP contribution in [0.15, 0.2) is 78.9 Å². The SMILES string of the molecule is NC(=O)C1(c2ccccc2)CCN(CCC2(c3ccc(Cl)c(Cl)c3)CC(=O)N(Cc3ccccc3)C2)CC1. The number of carbonyl (C=O) groups is 2. The maximum Gasteiger partial charge on any atom is 0.228 e. The molecule has 0 saturated carbocycles. The normalized spacial score (nSPS) is 21.5. The zero-order chi connectivity index (χ0) is 26.8. The van der Waals surface area contributed by atoms with E-state index in [4.69, 9.17) is 28.9 Å². The Hall–Kier alpha value is -2.86. The zero-order valence-corrected chi connectivity index (χ0v) is 22.9. The highest BCUT2D eigenvalue weighted by Crippen LogP contribution is 2.42. The molecule has 2 fully saturated rings. The molecule has 38 heavy (non-hydrogen) atoms. The van der Waals surface area contributed by atoms with Crippen molar-refractivity contribution >= 4 is 35.0 Å². The predicted molar refractivity (Wildman–Crippen MR) is 152 cm³/mol. The van der Waals surface area contributed by atoms with Crippen molar-refractivity contribution in [3.8, 4) is 0 Å². The van der Waals surface area contributed by atoms with Gasteiger partial charge < -0.3 is 15.5 Å². The van der Waals surface area contributed by atoms with Gasteiger partial charge in [0.1, 0.15) is 0 Å². The van der Waals surface area contributed by atoms with Gasteiger partial charge in [0.15, 0.2) is 0 Å². The summed E-state index contributed by atoms with van der Waals surface area (Å²) in [5.41, 5.74) is 8.11. The molecule has 0 radical (unpaired) electrons. The lowest BCUT2D eigenvalue weighted by molar-refractivity contribution is -0.128. The van der Waals surface area contributed by atoms with Crippen LogP contribution in [0.25, 0.3) is 0 Å². The van der Waals surface area contributed by atoms with Crippen LogP contribution in [0, 0.1) is 0 Å². The van der Waals surface area contributed by atoms with E-state index >= 15 is 0 Å². The number of nitrogens with two attached hydrogens (primary N) is 1. The lowest BCUT2D eigenvalue weighted by Crippen LogP contribution is -2.50. The molecule has 1 unspecified atom stereocenters. The van der Waals surface area contributed by atoms with Crippen LogP contribution in [0.4, 0.5) is 0 Å². The van der Waals surface area contributed by atoms with Gasteiger partial charge in [-0.1, -0.05) is 89.9 Å². The molecule has 2 heterocycles. The molecule has 2 N–H and O–H groups in total. The van der Waals surface area contributed by atoms with Gasteiger partial charge in [-0.05, 0) is 67.7 Å². The zero-order valence-electron chi connectivity index (χ0n) is 21.4. The predicted octanol–water partition coefficient (Wildman–Crippen LogP) is 5.57. The first kappa shape index (κ1) is 26.7. The number of amides is 2. The molecule has 7 heteroatoms. The van der Waals surface area contributed by atoms with Crippen LogP contribution < -0.4 is 5.73 Å². The summed E-state index contributed by atoms with van der Waals surface area (Å²) in [7, 11) is 0. The Labute approximate surface area is 234 Å². The van der Waals surface area contributed by atoms with E-state index in [-0.39, 0.29) is 17.2 Å². The second-order valence-corrected chi connectivity index (χ2v) is 11.5. The third-order valence-corrected chi connectivity index (χ3v) is 9.24. The highest BCUT2D eigenvalue weighted by molar-refractivity contribution is 6.42. The van der Waals surface area contributed by atoms with E-state index in [1.807, 2.05) is 71.6 Å². The van der Waals surface area contributed by atoms with Crippen LogP contribution in [-0.2, 0) is 27.0 Å². The molecule has 5 rings (SSSR count). The highest BCUT2D eigenvalue weighted by Gasteiger charge is 2.46. The van der Waals surface area contributed by atoms with Gasteiger partial charge in [-0.3, -0.25) is 9.59 Å². The fourth-order valence-electron chi connectivity index (χ4n) is 6.15. The largest absolute Gasteiger partial charge is 0.369 e. The smallest absolute Gasteiger partial charge is 0.228 e. The van der Waals surface area contributed by atoms with Crippen LogP contribution in [0.5, 0.6) is 0 Å². The number of carbonyl (C=O) groups excluding carboxylic acids is 2. The van der Waals surface area contributed by atoms with Crippen LogP contribution in [0.3, 0.4) is 0 Å². The van der Waals surface area contributed by atoms with Crippen molar-refractivity contribution in [1.82, 2.24) is 9.80 Å². The van der Waals surface area contributed by atoms with E-state index in [1.165, 1.54) is 0 Å². The van der Waals surface area contributed by atoms with Crippen LogP contribution in [0.2, 0.25) is 10.0 Å². The Kier molecular flexibility index (Phi) is 7.80. The van der Waals surface area contributed by atoms with Crippen molar-refractivity contribution in [2.45, 2.75) is 43.1 Å². The number of nitrogens with zero attached hydrogens (tertiary/aromatic N) is 2. The third-order valence-electron chi connectivity index (χ3n) is 8.50. The Morgan fingerprint density at radius 1 is 0.868 bits per heavy atom. The quantitative estimate of drug-likeness (QED) is 0.399. The molecule has 0 spiro atoms. The molecule has 1 atom stereocenters. The summed E-state index contributed by atoms with van der Waals surface area (Å²) in [6.07, 6.45) is 2.61. The van der Waals surface area contributed by atoms with Gasteiger partial charge >= 0.3 is 0 Å². The number of benzene rings is 3. The third kappa shape index (κ3) is 5.33. The number of hydrogen-bond donors (Lipinski definition) is 1. The van der Waals surface area contributed by atoms with Crippen molar-refractivity contribution in [2.24, 2.45) is 5.73 Å². The fraction of sp³-hybridized carbons (Fsp3) is 0.355. The summed E-state index contributed by atoms with van der Waals surface area (Å²) in [6.45, 7) is 3.58. The maximum absolute atomic E-state index is 13.3. The molecule has 2 aliphatic rings. The molecule has 2 aliphatic heterocycles. The highest BCUT2D eigenvalue weighted by atomic mass is 35.5. The molecule has 0 aliphatic carbocycles. The average molecular weight is 551 g/mol. The average Bonchev–Trinajstić information content (AvgIpc) is 3.26. The molecular formula is C31H33Cl2N3O2. The summed E-state index contributed by atoms with van der Waals surface area (Å²) < 4.78 is 0. The molecular weight excluding hydrogens is 517 g/mol. The van der Waals surface area contributed by atoms with Crippen LogP contribution in [-0.4, -0.2) is 47.8 Å². The van der Waals surface area contributed by atoms with Crippen LogP contribution >= 0.6 is 23.2 Å². The molecule has 198 valence electrons. The number of primary amides is 1. The topological polar surface area (TPSA) is 66.6 Å². The maximum atomic E-state index is 13.3. The lowest BCUT2D eigenvalue weighted by atomic mass is 9.71. The summed E-state index contributed by atoms with van der Waals surface area (Å²) in [5.74, 6) is -0.107. The van der Waals surface area contributed by atoms with Crippen molar-refractivity contribution in [3.63, 3.8) is 0 Å². The van der Waals surface area contributed by atoms with Gasteiger partial charge in [-0.15, -0.1) is 0 Å². The van der Waals surface area contributed by atoms with Crippen molar-refractivity contribution < 1.29 is 9.59 Å². The number of likely N-dealkylation sites (tertiary alicyclic amines) is 2. The van der Waals surface area contributed by atoms with Gasteiger partial charge in [0.05, 0.1) is 15.5 Å². The van der Waals surface area contributed by atoms with Gasteiger partial charge in [0, 0.05) is 24.9 Å². The number of rotatable bonds is 8. The van der Waals surface area contributed by atoms with E-state index in [9.17, 15) is 9.59 Å². The van der Waals surface area contributed by atoms with E-state index in [2.05, 4.69) is 17.0 Å². The first-order valence-electron chi connectivity index (χ1n) is 13.2. The minimum atomic E-state index is -0.630. The molecule has 2 amide bonds. The molecule has 5 nitrogen and oxygen atoms in total. The summed E-state index contributed by atoms with van der Waals surface area (Å²) in [4.78, 5) is 30.3. The monoisotopic (exact) mass is 549 g/mol. The second-order valence-electron chi connectivity index (χ2n) is 10.7.